The molecular formula is C24H32ClN3O5S. The van der Waals surface area contributed by atoms with Crippen molar-refractivity contribution in [1.29, 1.82) is 0 Å². The Labute approximate surface area is 206 Å². The molecule has 0 saturated heterocycles. The van der Waals surface area contributed by atoms with Crippen LogP contribution in [0.25, 0.3) is 0 Å². The Hall–Kier alpha value is -2.78. The van der Waals surface area contributed by atoms with Gasteiger partial charge in [0.05, 0.1) is 24.1 Å². The molecule has 2 aromatic carbocycles. The van der Waals surface area contributed by atoms with E-state index >= 15 is 0 Å². The van der Waals surface area contributed by atoms with Crippen molar-refractivity contribution in [1.82, 2.24) is 10.2 Å². The molecular weight excluding hydrogens is 478 g/mol. The summed E-state index contributed by atoms with van der Waals surface area (Å²) in [6, 6.07) is 11.2. The third-order valence-electron chi connectivity index (χ3n) is 5.42. The zero-order chi connectivity index (χ0) is 25.5. The van der Waals surface area contributed by atoms with E-state index in [9.17, 15) is 18.0 Å². The van der Waals surface area contributed by atoms with Crippen LogP contribution >= 0.6 is 11.6 Å². The van der Waals surface area contributed by atoms with Gasteiger partial charge in [0.2, 0.25) is 21.8 Å². The molecule has 2 amide bonds. The second-order valence-corrected chi connectivity index (χ2v) is 10.3. The van der Waals surface area contributed by atoms with Crippen molar-refractivity contribution in [3.63, 3.8) is 0 Å². The van der Waals surface area contributed by atoms with Gasteiger partial charge in [0.25, 0.3) is 0 Å². The summed E-state index contributed by atoms with van der Waals surface area (Å²) in [6.45, 7) is 5.64. The molecule has 0 aliphatic rings. The van der Waals surface area contributed by atoms with Gasteiger partial charge >= 0.3 is 0 Å². The van der Waals surface area contributed by atoms with Crippen molar-refractivity contribution >= 4 is 39.1 Å². The van der Waals surface area contributed by atoms with Gasteiger partial charge in [0, 0.05) is 13.1 Å². The number of halogens is 1. The monoisotopic (exact) mass is 509 g/mol. The number of benzene rings is 2. The number of nitrogens with zero attached hydrogens (tertiary/aromatic N) is 2. The van der Waals surface area contributed by atoms with Gasteiger partial charge in [0.1, 0.15) is 18.3 Å². The number of aryl methyl sites for hydroxylation is 1. The number of hydrogen-bond donors (Lipinski definition) is 1. The minimum absolute atomic E-state index is 0.160. The first kappa shape index (κ1) is 27.5. The number of rotatable bonds is 11. The molecule has 0 saturated carbocycles. The first-order chi connectivity index (χ1) is 16.0. The Balaban J connectivity index is 2.41. The summed E-state index contributed by atoms with van der Waals surface area (Å²) in [5.74, 6) is -0.436. The number of anilines is 1. The third kappa shape index (κ3) is 7.11. The van der Waals surface area contributed by atoms with Gasteiger partial charge in [-0.3, -0.25) is 13.9 Å². The van der Waals surface area contributed by atoms with Crippen LogP contribution in [0.2, 0.25) is 5.02 Å². The van der Waals surface area contributed by atoms with Gasteiger partial charge in [-0.15, -0.1) is 0 Å². The van der Waals surface area contributed by atoms with E-state index in [0.717, 1.165) is 28.1 Å². The Morgan fingerprint density at radius 3 is 2.41 bits per heavy atom. The molecule has 2 aromatic rings. The fraction of sp³-hybridized carbons (Fsp3) is 0.417. The number of ether oxygens (including phenoxy) is 1. The van der Waals surface area contributed by atoms with Gasteiger partial charge in [-0.1, -0.05) is 42.8 Å². The van der Waals surface area contributed by atoms with Crippen molar-refractivity contribution in [3.05, 3.63) is 58.6 Å². The highest BCUT2D eigenvalue weighted by molar-refractivity contribution is 7.92. The fourth-order valence-corrected chi connectivity index (χ4v) is 4.47. The van der Waals surface area contributed by atoms with E-state index in [0.29, 0.717) is 12.3 Å². The summed E-state index contributed by atoms with van der Waals surface area (Å²) in [5.41, 5.74) is 2.05. The van der Waals surface area contributed by atoms with E-state index in [-0.39, 0.29) is 23.2 Å². The molecule has 0 unspecified atom stereocenters. The summed E-state index contributed by atoms with van der Waals surface area (Å²) in [6.07, 6.45) is 1.77. The molecule has 0 spiro atoms. The van der Waals surface area contributed by atoms with Gasteiger partial charge in [0.15, 0.2) is 0 Å². The number of methoxy groups -OCH3 is 1. The molecule has 186 valence electrons. The second kappa shape index (κ2) is 12.1. The van der Waals surface area contributed by atoms with Crippen LogP contribution in [-0.2, 0) is 26.2 Å². The van der Waals surface area contributed by atoms with Crippen molar-refractivity contribution in [2.45, 2.75) is 39.8 Å². The van der Waals surface area contributed by atoms with Crippen LogP contribution in [-0.4, -0.2) is 57.6 Å². The molecule has 0 bridgehead atoms. The van der Waals surface area contributed by atoms with Crippen LogP contribution in [0.3, 0.4) is 0 Å². The summed E-state index contributed by atoms with van der Waals surface area (Å²) in [5, 5.41) is 3.02. The lowest BCUT2D eigenvalue weighted by Crippen LogP contribution is -2.51. The standard InChI is InChI=1S/C24H32ClN3O5S/c1-6-13-26-24(30)18(3)27(15-19-10-8-7-9-17(19)2)23(29)16-28(34(5,31)32)20-11-12-22(33-4)21(25)14-20/h7-12,14,18H,6,13,15-16H2,1-5H3,(H,26,30)/t18-/m1/s1. The molecule has 0 fully saturated rings. The minimum Gasteiger partial charge on any atom is -0.495 e. The number of carbonyl (C=O) groups is 2. The zero-order valence-electron chi connectivity index (χ0n) is 20.2. The normalized spacial score (nSPS) is 12.1. The molecule has 0 heterocycles. The van der Waals surface area contributed by atoms with Crippen molar-refractivity contribution < 1.29 is 22.7 Å². The number of nitrogens with one attached hydrogen (secondary N) is 1. The molecule has 0 aliphatic carbocycles. The lowest BCUT2D eigenvalue weighted by atomic mass is 10.1. The summed E-state index contributed by atoms with van der Waals surface area (Å²) in [4.78, 5) is 27.6. The van der Waals surface area contributed by atoms with E-state index in [1.807, 2.05) is 38.1 Å². The molecule has 1 atom stereocenters. The van der Waals surface area contributed by atoms with Crippen LogP contribution in [0.5, 0.6) is 5.75 Å². The van der Waals surface area contributed by atoms with Gasteiger partial charge in [-0.2, -0.15) is 0 Å². The van der Waals surface area contributed by atoms with Gasteiger partial charge in [-0.05, 0) is 49.6 Å². The second-order valence-electron chi connectivity index (χ2n) is 8.00. The summed E-state index contributed by atoms with van der Waals surface area (Å²) < 4.78 is 31.3. The average molecular weight is 510 g/mol. The maximum atomic E-state index is 13.5. The number of amides is 2. The van der Waals surface area contributed by atoms with Crippen molar-refractivity contribution in [3.8, 4) is 5.75 Å². The van der Waals surface area contributed by atoms with Crippen molar-refractivity contribution in [2.75, 3.05) is 30.8 Å². The molecule has 2 rings (SSSR count). The first-order valence-corrected chi connectivity index (χ1v) is 13.1. The lowest BCUT2D eigenvalue weighted by molar-refractivity contribution is -0.139. The van der Waals surface area contributed by atoms with Gasteiger partial charge in [-0.25, -0.2) is 8.42 Å². The highest BCUT2D eigenvalue weighted by Gasteiger charge is 2.30. The van der Waals surface area contributed by atoms with Crippen LogP contribution < -0.4 is 14.4 Å². The SMILES string of the molecule is CCCNC(=O)[C@@H](C)N(Cc1ccccc1C)C(=O)CN(c1ccc(OC)c(Cl)c1)S(C)(=O)=O. The largest absolute Gasteiger partial charge is 0.495 e. The predicted octanol–water partition coefficient (Wildman–Crippen LogP) is 3.37. The number of sulfonamides is 1. The fourth-order valence-electron chi connectivity index (χ4n) is 3.37. The maximum absolute atomic E-state index is 13.5. The Bertz CT molecular complexity index is 1120. The van der Waals surface area contributed by atoms with E-state index in [4.69, 9.17) is 16.3 Å². The topological polar surface area (TPSA) is 96.0 Å². The number of carbonyl (C=O) groups excluding carboxylic acids is 2. The van der Waals surface area contributed by atoms with E-state index in [2.05, 4.69) is 5.32 Å². The number of hydrogen-bond acceptors (Lipinski definition) is 5. The lowest BCUT2D eigenvalue weighted by Gasteiger charge is -2.32. The molecule has 8 nitrogen and oxygen atoms in total. The first-order valence-electron chi connectivity index (χ1n) is 10.9. The van der Waals surface area contributed by atoms with Crippen LogP contribution in [0.4, 0.5) is 5.69 Å². The van der Waals surface area contributed by atoms with Gasteiger partial charge < -0.3 is 15.0 Å². The Kier molecular flexibility index (Phi) is 9.76. The third-order valence-corrected chi connectivity index (χ3v) is 6.86. The van der Waals surface area contributed by atoms with E-state index < -0.39 is 28.5 Å². The summed E-state index contributed by atoms with van der Waals surface area (Å²) in [7, 11) is -2.39. The molecule has 0 aliphatic heterocycles. The van der Waals surface area contributed by atoms with E-state index in [1.165, 1.54) is 30.2 Å². The molecule has 1 N–H and O–H groups in total. The van der Waals surface area contributed by atoms with Crippen LogP contribution in [0.1, 0.15) is 31.4 Å². The van der Waals surface area contributed by atoms with Crippen molar-refractivity contribution in [2.24, 2.45) is 0 Å². The smallest absolute Gasteiger partial charge is 0.244 e. The highest BCUT2D eigenvalue weighted by atomic mass is 35.5. The molecule has 34 heavy (non-hydrogen) atoms. The van der Waals surface area contributed by atoms with Crippen LogP contribution in [0, 0.1) is 6.92 Å². The van der Waals surface area contributed by atoms with Crippen LogP contribution in [0.15, 0.2) is 42.5 Å². The maximum Gasteiger partial charge on any atom is 0.244 e. The van der Waals surface area contributed by atoms with E-state index in [1.54, 1.807) is 6.92 Å². The molecule has 0 aromatic heterocycles. The quantitative estimate of drug-likeness (QED) is 0.501. The molecule has 0 radical (unpaired) electrons. The Morgan fingerprint density at radius 2 is 1.85 bits per heavy atom. The highest BCUT2D eigenvalue weighted by Crippen LogP contribution is 2.30. The predicted molar refractivity (Wildman–Crippen MR) is 135 cm³/mol. The zero-order valence-corrected chi connectivity index (χ0v) is 21.7. The minimum atomic E-state index is -3.84. The molecule has 10 heteroatoms. The average Bonchev–Trinajstić information content (AvgIpc) is 2.79. The summed E-state index contributed by atoms with van der Waals surface area (Å²) >= 11 is 6.19. The Morgan fingerprint density at radius 1 is 1.18 bits per heavy atom.